The van der Waals surface area contributed by atoms with E-state index in [1.165, 1.54) is 6.07 Å². The van der Waals surface area contributed by atoms with Gasteiger partial charge in [0.25, 0.3) is 0 Å². The van der Waals surface area contributed by atoms with E-state index in [0.29, 0.717) is 51.2 Å². The zero-order chi connectivity index (χ0) is 17.9. The summed E-state index contributed by atoms with van der Waals surface area (Å²) in [5, 5.41) is 0. The first kappa shape index (κ1) is 17.9. The molecule has 0 N–H and O–H groups in total. The molecule has 6 heteroatoms. The Kier molecular flexibility index (Phi) is 5.37. The van der Waals surface area contributed by atoms with Crippen molar-refractivity contribution in [3.8, 4) is 0 Å². The Balaban J connectivity index is 1.68. The summed E-state index contributed by atoms with van der Waals surface area (Å²) >= 11 is 0. The maximum absolute atomic E-state index is 13.9. The van der Waals surface area contributed by atoms with Gasteiger partial charge in [-0.3, -0.25) is 9.59 Å². The fraction of sp³-hybridized carbons (Fsp3) is 0.579. The first-order chi connectivity index (χ1) is 12.1. The van der Waals surface area contributed by atoms with Gasteiger partial charge < -0.3 is 14.5 Å². The van der Waals surface area contributed by atoms with Crippen molar-refractivity contribution in [2.75, 3.05) is 33.4 Å². The van der Waals surface area contributed by atoms with E-state index >= 15 is 0 Å². The second kappa shape index (κ2) is 7.52. The standard InChI is InChI=1S/C19H25FN2O3/c1-25-12-7-17(23)22-11-9-19(14-22)8-4-10-21(18(19)24)13-15-5-2-3-6-16(15)20/h2-3,5-6H,4,7-14H2,1H3/t19-/m1/s1. The van der Waals surface area contributed by atoms with Crippen molar-refractivity contribution in [1.29, 1.82) is 0 Å². The molecule has 3 rings (SSSR count). The van der Waals surface area contributed by atoms with Crippen molar-refractivity contribution in [3.05, 3.63) is 35.6 Å². The van der Waals surface area contributed by atoms with Gasteiger partial charge in [0.1, 0.15) is 5.82 Å². The number of halogens is 1. The smallest absolute Gasteiger partial charge is 0.230 e. The third kappa shape index (κ3) is 3.68. The van der Waals surface area contributed by atoms with Crippen LogP contribution in [0.4, 0.5) is 4.39 Å². The summed E-state index contributed by atoms with van der Waals surface area (Å²) in [6.45, 7) is 2.43. The molecule has 2 fully saturated rings. The van der Waals surface area contributed by atoms with Gasteiger partial charge in [0, 0.05) is 38.9 Å². The van der Waals surface area contributed by atoms with Crippen LogP contribution in [0.15, 0.2) is 24.3 Å². The fourth-order valence-electron chi connectivity index (χ4n) is 3.95. The number of piperidine rings is 1. The van der Waals surface area contributed by atoms with Crippen LogP contribution in [-0.4, -0.2) is 55.0 Å². The van der Waals surface area contributed by atoms with E-state index in [4.69, 9.17) is 4.74 Å². The summed E-state index contributed by atoms with van der Waals surface area (Å²) < 4.78 is 18.9. The van der Waals surface area contributed by atoms with Crippen molar-refractivity contribution in [1.82, 2.24) is 9.80 Å². The third-order valence-corrected chi connectivity index (χ3v) is 5.37. The van der Waals surface area contributed by atoms with E-state index in [9.17, 15) is 14.0 Å². The van der Waals surface area contributed by atoms with Gasteiger partial charge in [-0.1, -0.05) is 18.2 Å². The Morgan fingerprint density at radius 1 is 1.28 bits per heavy atom. The Morgan fingerprint density at radius 3 is 2.84 bits per heavy atom. The summed E-state index contributed by atoms with van der Waals surface area (Å²) in [6.07, 6.45) is 2.73. The second-order valence-electron chi connectivity index (χ2n) is 7.01. The van der Waals surface area contributed by atoms with Crippen LogP contribution in [0, 0.1) is 11.2 Å². The molecule has 0 radical (unpaired) electrons. The van der Waals surface area contributed by atoms with E-state index in [1.54, 1.807) is 35.1 Å². The molecular formula is C19H25FN2O3. The summed E-state index contributed by atoms with van der Waals surface area (Å²) in [5.74, 6) is -0.181. The molecule has 136 valence electrons. The SMILES string of the molecule is COCCC(=O)N1CC[C@]2(CCCN(Cc3ccccc3F)C2=O)C1. The largest absolute Gasteiger partial charge is 0.384 e. The van der Waals surface area contributed by atoms with Crippen LogP contribution in [0.3, 0.4) is 0 Å². The Hall–Kier alpha value is -1.95. The number of rotatable bonds is 5. The van der Waals surface area contributed by atoms with E-state index in [2.05, 4.69) is 0 Å². The molecule has 2 amide bonds. The van der Waals surface area contributed by atoms with Crippen LogP contribution in [0.2, 0.25) is 0 Å². The Morgan fingerprint density at radius 2 is 2.08 bits per heavy atom. The molecule has 1 aromatic rings. The van der Waals surface area contributed by atoms with Crippen LogP contribution in [0.5, 0.6) is 0 Å². The van der Waals surface area contributed by atoms with Crippen molar-refractivity contribution in [2.45, 2.75) is 32.2 Å². The van der Waals surface area contributed by atoms with Crippen LogP contribution in [0.1, 0.15) is 31.2 Å². The molecule has 25 heavy (non-hydrogen) atoms. The zero-order valence-corrected chi connectivity index (χ0v) is 14.7. The lowest BCUT2D eigenvalue weighted by molar-refractivity contribution is -0.147. The number of ether oxygens (including phenoxy) is 1. The van der Waals surface area contributed by atoms with Crippen LogP contribution in [0.25, 0.3) is 0 Å². The number of likely N-dealkylation sites (tertiary alicyclic amines) is 2. The first-order valence-electron chi connectivity index (χ1n) is 8.85. The van der Waals surface area contributed by atoms with Crippen LogP contribution in [-0.2, 0) is 20.9 Å². The lowest BCUT2D eigenvalue weighted by Crippen LogP contribution is -2.50. The number of benzene rings is 1. The normalized spacial score (nSPS) is 23.5. The lowest BCUT2D eigenvalue weighted by atomic mass is 9.78. The summed E-state index contributed by atoms with van der Waals surface area (Å²) in [7, 11) is 1.57. The van der Waals surface area contributed by atoms with Gasteiger partial charge in [-0.15, -0.1) is 0 Å². The average molecular weight is 348 g/mol. The maximum Gasteiger partial charge on any atom is 0.230 e. The number of hydrogen-bond acceptors (Lipinski definition) is 3. The van der Waals surface area contributed by atoms with Crippen molar-refractivity contribution >= 4 is 11.8 Å². The topological polar surface area (TPSA) is 49.9 Å². The molecule has 2 aliphatic heterocycles. The molecule has 5 nitrogen and oxygen atoms in total. The van der Waals surface area contributed by atoms with Crippen molar-refractivity contribution in [3.63, 3.8) is 0 Å². The van der Waals surface area contributed by atoms with Gasteiger partial charge >= 0.3 is 0 Å². The number of nitrogens with zero attached hydrogens (tertiary/aromatic N) is 2. The molecule has 0 aliphatic carbocycles. The molecular weight excluding hydrogens is 323 g/mol. The third-order valence-electron chi connectivity index (χ3n) is 5.37. The number of methoxy groups -OCH3 is 1. The molecule has 1 aromatic carbocycles. The predicted octanol–water partition coefficient (Wildman–Crippen LogP) is 2.20. The summed E-state index contributed by atoms with van der Waals surface area (Å²) in [5.41, 5.74) is 0.0469. The molecule has 2 aliphatic rings. The first-order valence-corrected chi connectivity index (χ1v) is 8.85. The maximum atomic E-state index is 13.9. The predicted molar refractivity (Wildman–Crippen MR) is 91.2 cm³/mol. The molecule has 0 unspecified atom stereocenters. The molecule has 1 spiro atoms. The van der Waals surface area contributed by atoms with Gasteiger partial charge in [0.05, 0.1) is 18.4 Å². The van der Waals surface area contributed by atoms with Gasteiger partial charge in [-0.25, -0.2) is 4.39 Å². The van der Waals surface area contributed by atoms with Gasteiger partial charge in [-0.2, -0.15) is 0 Å². The highest BCUT2D eigenvalue weighted by molar-refractivity contribution is 5.86. The van der Waals surface area contributed by atoms with E-state index in [-0.39, 0.29) is 17.6 Å². The van der Waals surface area contributed by atoms with E-state index in [0.717, 1.165) is 12.8 Å². The van der Waals surface area contributed by atoms with Gasteiger partial charge in [-0.05, 0) is 25.3 Å². The van der Waals surface area contributed by atoms with Crippen LogP contribution < -0.4 is 0 Å². The number of carbonyl (C=O) groups is 2. The molecule has 2 heterocycles. The molecule has 0 aromatic heterocycles. The van der Waals surface area contributed by atoms with E-state index in [1.807, 2.05) is 0 Å². The highest BCUT2D eigenvalue weighted by Crippen LogP contribution is 2.40. The van der Waals surface area contributed by atoms with Gasteiger partial charge in [0.15, 0.2) is 0 Å². The summed E-state index contributed by atoms with van der Waals surface area (Å²) in [4.78, 5) is 28.9. The Labute approximate surface area is 147 Å². The lowest BCUT2D eigenvalue weighted by Gasteiger charge is -2.39. The van der Waals surface area contributed by atoms with Crippen LogP contribution >= 0.6 is 0 Å². The van der Waals surface area contributed by atoms with Crippen molar-refractivity contribution < 1.29 is 18.7 Å². The van der Waals surface area contributed by atoms with Crippen molar-refractivity contribution in [2.24, 2.45) is 5.41 Å². The average Bonchev–Trinajstić information content (AvgIpc) is 3.04. The minimum atomic E-state index is -0.494. The fourth-order valence-corrected chi connectivity index (χ4v) is 3.95. The molecule has 1 atom stereocenters. The number of hydrogen-bond donors (Lipinski definition) is 0. The molecule has 2 saturated heterocycles. The Bertz CT molecular complexity index is 651. The highest BCUT2D eigenvalue weighted by Gasteiger charge is 2.49. The summed E-state index contributed by atoms with van der Waals surface area (Å²) in [6, 6.07) is 6.58. The molecule has 0 bridgehead atoms. The second-order valence-corrected chi connectivity index (χ2v) is 7.01. The number of amides is 2. The molecule has 0 saturated carbocycles. The minimum absolute atomic E-state index is 0.0396. The number of carbonyl (C=O) groups excluding carboxylic acids is 2. The quantitative estimate of drug-likeness (QED) is 0.820. The van der Waals surface area contributed by atoms with E-state index < -0.39 is 5.41 Å². The minimum Gasteiger partial charge on any atom is -0.384 e. The zero-order valence-electron chi connectivity index (χ0n) is 14.7. The van der Waals surface area contributed by atoms with Gasteiger partial charge in [0.2, 0.25) is 11.8 Å². The highest BCUT2D eigenvalue weighted by atomic mass is 19.1. The monoisotopic (exact) mass is 348 g/mol.